The average molecular weight is 256 g/mol. The zero-order valence-corrected chi connectivity index (χ0v) is 11.4. The van der Waals surface area contributed by atoms with Crippen LogP contribution in [0, 0.1) is 6.92 Å². The second-order valence-electron chi connectivity index (χ2n) is 4.27. The van der Waals surface area contributed by atoms with Gasteiger partial charge in [0.15, 0.2) is 0 Å². The first kappa shape index (κ1) is 14.2. The largest absolute Gasteiger partial charge is 0.329 e. The highest BCUT2D eigenvalue weighted by atomic mass is 32.2. The normalized spacial score (nSPS) is 13.9. The number of hydrogen-bond acceptors (Lipinski definition) is 3. The number of aryl methyl sites for hydroxylation is 1. The fourth-order valence-electron chi connectivity index (χ4n) is 1.55. The van der Waals surface area contributed by atoms with E-state index < -0.39 is 15.3 Å². The Balaban J connectivity index is 2.87. The van der Waals surface area contributed by atoms with E-state index in [0.29, 0.717) is 6.54 Å². The van der Waals surface area contributed by atoms with Crippen LogP contribution in [0.2, 0.25) is 0 Å². The Kier molecular flexibility index (Phi) is 4.68. The van der Waals surface area contributed by atoms with Crippen molar-refractivity contribution in [1.82, 2.24) is 4.31 Å². The molecule has 0 spiro atoms. The smallest absolute Gasteiger partial charge is 0.218 e. The van der Waals surface area contributed by atoms with Crippen LogP contribution in [0.4, 0.5) is 0 Å². The molecule has 1 atom stereocenters. The molecule has 5 heteroatoms. The van der Waals surface area contributed by atoms with Crippen molar-refractivity contribution in [3.63, 3.8) is 0 Å². The average Bonchev–Trinajstić information content (AvgIpc) is 2.30. The van der Waals surface area contributed by atoms with Gasteiger partial charge in [-0.3, -0.25) is 0 Å². The number of hydrogen-bond donors (Lipinski definition) is 1. The third kappa shape index (κ3) is 3.28. The van der Waals surface area contributed by atoms with Gasteiger partial charge < -0.3 is 5.73 Å². The lowest BCUT2D eigenvalue weighted by Gasteiger charge is -2.21. The van der Waals surface area contributed by atoms with E-state index in [1.54, 1.807) is 14.0 Å². The fourth-order valence-corrected chi connectivity index (χ4v) is 2.72. The summed E-state index contributed by atoms with van der Waals surface area (Å²) in [5, 5.41) is -0.545. The molecule has 2 N–H and O–H groups in total. The maximum Gasteiger partial charge on any atom is 0.218 e. The molecule has 0 aliphatic carbocycles. The lowest BCUT2D eigenvalue weighted by molar-refractivity contribution is 0.457. The molecular formula is C12H20N2O2S. The molecule has 0 fully saturated rings. The summed E-state index contributed by atoms with van der Waals surface area (Å²) in [5.74, 6) is 0. The van der Waals surface area contributed by atoms with E-state index in [1.165, 1.54) is 4.31 Å². The first-order chi connectivity index (χ1) is 7.89. The molecule has 1 aromatic rings. The third-order valence-electron chi connectivity index (χ3n) is 2.93. The van der Waals surface area contributed by atoms with Gasteiger partial charge in [-0.05, 0) is 25.0 Å². The number of nitrogens with zero attached hydrogens (tertiary/aromatic N) is 1. The van der Waals surface area contributed by atoms with Crippen molar-refractivity contribution in [3.8, 4) is 0 Å². The van der Waals surface area contributed by atoms with Gasteiger partial charge in [0.25, 0.3) is 0 Å². The Bertz CT molecular complexity index is 471. The molecule has 0 aliphatic heterocycles. The molecule has 0 aliphatic rings. The Labute approximate surface area is 103 Å². The predicted molar refractivity (Wildman–Crippen MR) is 70.1 cm³/mol. The van der Waals surface area contributed by atoms with E-state index in [4.69, 9.17) is 5.73 Å². The van der Waals surface area contributed by atoms with Crippen LogP contribution < -0.4 is 5.73 Å². The quantitative estimate of drug-likeness (QED) is 0.858. The molecule has 0 saturated heterocycles. The number of rotatable bonds is 5. The minimum Gasteiger partial charge on any atom is -0.329 e. The molecule has 1 aromatic carbocycles. The van der Waals surface area contributed by atoms with Crippen LogP contribution in [0.15, 0.2) is 24.3 Å². The third-order valence-corrected chi connectivity index (χ3v) is 5.14. The van der Waals surface area contributed by atoms with E-state index >= 15 is 0 Å². The van der Waals surface area contributed by atoms with Gasteiger partial charge in [0, 0.05) is 20.1 Å². The van der Waals surface area contributed by atoms with Gasteiger partial charge in [-0.25, -0.2) is 12.7 Å². The molecule has 1 unspecified atom stereocenters. The lowest BCUT2D eigenvalue weighted by Crippen LogP contribution is -2.38. The number of benzene rings is 1. The van der Waals surface area contributed by atoms with Gasteiger partial charge in [0.05, 0.1) is 5.25 Å². The van der Waals surface area contributed by atoms with Crippen LogP contribution in [0.5, 0.6) is 0 Å². The molecule has 17 heavy (non-hydrogen) atoms. The summed E-state index contributed by atoms with van der Waals surface area (Å²) in [6, 6.07) is 7.77. The van der Waals surface area contributed by atoms with Gasteiger partial charge in [-0.1, -0.05) is 24.3 Å². The Morgan fingerprint density at radius 3 is 2.47 bits per heavy atom. The molecule has 0 bridgehead atoms. The lowest BCUT2D eigenvalue weighted by atomic mass is 10.1. The summed E-state index contributed by atoms with van der Waals surface area (Å²) in [5.41, 5.74) is 7.52. The van der Waals surface area contributed by atoms with Crippen molar-refractivity contribution in [2.24, 2.45) is 5.73 Å². The minimum atomic E-state index is -3.30. The molecule has 0 amide bonds. The highest BCUT2D eigenvalue weighted by Gasteiger charge is 2.24. The maximum atomic E-state index is 12.0. The molecule has 0 aromatic heterocycles. The molecule has 96 valence electrons. The van der Waals surface area contributed by atoms with E-state index in [-0.39, 0.29) is 6.54 Å². The summed E-state index contributed by atoms with van der Waals surface area (Å²) in [6.45, 7) is 4.13. The van der Waals surface area contributed by atoms with Crippen molar-refractivity contribution >= 4 is 10.0 Å². The van der Waals surface area contributed by atoms with Crippen molar-refractivity contribution in [1.29, 1.82) is 0 Å². The summed E-state index contributed by atoms with van der Waals surface area (Å²) < 4.78 is 25.4. The van der Waals surface area contributed by atoms with Crippen LogP contribution in [-0.2, 0) is 16.6 Å². The molecule has 4 nitrogen and oxygen atoms in total. The van der Waals surface area contributed by atoms with Crippen molar-refractivity contribution in [2.75, 3.05) is 13.6 Å². The van der Waals surface area contributed by atoms with E-state index in [1.807, 2.05) is 31.2 Å². The standard InChI is InChI=1S/C12H20N2O2S/c1-10-6-4-5-7-12(10)9-14(3)17(15,16)11(2)8-13/h4-7,11H,8-9,13H2,1-3H3. The topological polar surface area (TPSA) is 63.4 Å². The molecule has 0 heterocycles. The van der Waals surface area contributed by atoms with Crippen LogP contribution >= 0.6 is 0 Å². The molecule has 0 radical (unpaired) electrons. The summed E-state index contributed by atoms with van der Waals surface area (Å²) in [4.78, 5) is 0. The number of sulfonamides is 1. The molecular weight excluding hydrogens is 236 g/mol. The van der Waals surface area contributed by atoms with Crippen LogP contribution in [0.3, 0.4) is 0 Å². The zero-order valence-electron chi connectivity index (χ0n) is 10.6. The second-order valence-corrected chi connectivity index (χ2v) is 6.73. The first-order valence-corrected chi connectivity index (χ1v) is 7.09. The van der Waals surface area contributed by atoms with Crippen molar-refractivity contribution < 1.29 is 8.42 Å². The van der Waals surface area contributed by atoms with Crippen molar-refractivity contribution in [3.05, 3.63) is 35.4 Å². The highest BCUT2D eigenvalue weighted by Crippen LogP contribution is 2.14. The molecule has 1 rings (SSSR count). The highest BCUT2D eigenvalue weighted by molar-refractivity contribution is 7.89. The predicted octanol–water partition coefficient (Wildman–Crippen LogP) is 1.10. The van der Waals surface area contributed by atoms with Crippen molar-refractivity contribution in [2.45, 2.75) is 25.6 Å². The first-order valence-electron chi connectivity index (χ1n) is 5.59. The van der Waals surface area contributed by atoms with Gasteiger partial charge in [-0.2, -0.15) is 0 Å². The fraction of sp³-hybridized carbons (Fsp3) is 0.500. The second kappa shape index (κ2) is 5.62. The van der Waals surface area contributed by atoms with Gasteiger partial charge in [0.2, 0.25) is 10.0 Å². The Morgan fingerprint density at radius 1 is 1.35 bits per heavy atom. The van der Waals surface area contributed by atoms with E-state index in [0.717, 1.165) is 11.1 Å². The summed E-state index contributed by atoms with van der Waals surface area (Å²) in [6.07, 6.45) is 0. The van der Waals surface area contributed by atoms with Gasteiger partial charge >= 0.3 is 0 Å². The zero-order chi connectivity index (χ0) is 13.1. The molecule has 0 saturated carbocycles. The van der Waals surface area contributed by atoms with Crippen LogP contribution in [-0.4, -0.2) is 31.6 Å². The van der Waals surface area contributed by atoms with Gasteiger partial charge in [-0.15, -0.1) is 0 Å². The van der Waals surface area contributed by atoms with E-state index in [2.05, 4.69) is 0 Å². The Morgan fingerprint density at radius 2 is 1.94 bits per heavy atom. The minimum absolute atomic E-state index is 0.139. The maximum absolute atomic E-state index is 12.0. The summed E-state index contributed by atoms with van der Waals surface area (Å²) in [7, 11) is -1.70. The SMILES string of the molecule is Cc1ccccc1CN(C)S(=O)(=O)C(C)CN. The number of nitrogens with two attached hydrogens (primary N) is 1. The Hall–Kier alpha value is -0.910. The summed E-state index contributed by atoms with van der Waals surface area (Å²) >= 11 is 0. The monoisotopic (exact) mass is 256 g/mol. The van der Waals surface area contributed by atoms with E-state index in [9.17, 15) is 8.42 Å². The van der Waals surface area contributed by atoms with Crippen LogP contribution in [0.25, 0.3) is 0 Å². The van der Waals surface area contributed by atoms with Crippen LogP contribution in [0.1, 0.15) is 18.1 Å². The van der Waals surface area contributed by atoms with Gasteiger partial charge in [0.1, 0.15) is 0 Å².